The lowest BCUT2D eigenvalue weighted by atomic mass is 10.0. The summed E-state index contributed by atoms with van der Waals surface area (Å²) in [5.74, 6) is 0.144. The van der Waals surface area contributed by atoms with Gasteiger partial charge in [-0.2, -0.15) is 0 Å². The molecule has 1 unspecified atom stereocenters. The van der Waals surface area contributed by atoms with E-state index in [9.17, 15) is 9.59 Å². The highest BCUT2D eigenvalue weighted by molar-refractivity contribution is 6.04. The third-order valence-corrected chi connectivity index (χ3v) is 3.27. The summed E-state index contributed by atoms with van der Waals surface area (Å²) < 4.78 is 0. The van der Waals surface area contributed by atoms with Crippen LogP contribution in [0.5, 0.6) is 0 Å². The van der Waals surface area contributed by atoms with Gasteiger partial charge >= 0.3 is 0 Å². The van der Waals surface area contributed by atoms with Crippen LogP contribution in [0.1, 0.15) is 50.9 Å². The second kappa shape index (κ2) is 8.45. The molecule has 0 saturated carbocycles. The molecule has 116 valence electrons. The molecule has 0 aliphatic heterocycles. The number of hydrogen-bond donors (Lipinski definition) is 2. The average molecular weight is 290 g/mol. The third kappa shape index (κ3) is 5.58. The van der Waals surface area contributed by atoms with E-state index in [-0.39, 0.29) is 17.7 Å². The molecule has 0 saturated heterocycles. The van der Waals surface area contributed by atoms with Crippen molar-refractivity contribution in [2.45, 2.75) is 40.5 Å². The largest absolute Gasteiger partial charge is 0.352 e. The molecular weight excluding hydrogens is 264 g/mol. The van der Waals surface area contributed by atoms with Gasteiger partial charge in [0.25, 0.3) is 5.91 Å². The molecule has 1 aromatic carbocycles. The minimum absolute atomic E-state index is 0.0408. The Kier molecular flexibility index (Phi) is 6.92. The quantitative estimate of drug-likeness (QED) is 0.808. The predicted octanol–water partition coefficient (Wildman–Crippen LogP) is 3.45. The van der Waals surface area contributed by atoms with Crippen LogP contribution >= 0.6 is 0 Å². The summed E-state index contributed by atoms with van der Waals surface area (Å²) in [6.07, 6.45) is 1.80. The Hall–Kier alpha value is -1.84. The number of nitrogens with one attached hydrogen (secondary N) is 2. The zero-order valence-corrected chi connectivity index (χ0v) is 13.4. The second-order valence-corrected chi connectivity index (χ2v) is 5.83. The number of para-hydroxylation sites is 1. The summed E-state index contributed by atoms with van der Waals surface area (Å²) in [5.41, 5.74) is 1.09. The monoisotopic (exact) mass is 290 g/mol. The van der Waals surface area contributed by atoms with Gasteiger partial charge in [0.1, 0.15) is 0 Å². The van der Waals surface area contributed by atoms with Crippen molar-refractivity contribution in [3.63, 3.8) is 0 Å². The van der Waals surface area contributed by atoms with Gasteiger partial charge in [-0.15, -0.1) is 0 Å². The molecule has 0 heterocycles. The molecule has 1 atom stereocenters. The number of amides is 2. The highest BCUT2D eigenvalue weighted by atomic mass is 16.2. The highest BCUT2D eigenvalue weighted by Gasteiger charge is 2.16. The van der Waals surface area contributed by atoms with Crippen LogP contribution in [0.4, 0.5) is 5.69 Å². The zero-order chi connectivity index (χ0) is 15.8. The molecule has 0 radical (unpaired) electrons. The van der Waals surface area contributed by atoms with Crippen molar-refractivity contribution in [1.29, 1.82) is 0 Å². The fraction of sp³-hybridized carbons (Fsp3) is 0.529. The van der Waals surface area contributed by atoms with Gasteiger partial charge in [0.15, 0.2) is 0 Å². The molecule has 0 spiro atoms. The summed E-state index contributed by atoms with van der Waals surface area (Å²) in [6, 6.07) is 7.12. The lowest BCUT2D eigenvalue weighted by Crippen LogP contribution is -2.29. The van der Waals surface area contributed by atoms with E-state index < -0.39 is 0 Å². The van der Waals surface area contributed by atoms with Crippen LogP contribution in [-0.2, 0) is 4.79 Å². The molecule has 2 amide bonds. The smallest absolute Gasteiger partial charge is 0.253 e. The van der Waals surface area contributed by atoms with Crippen LogP contribution in [0.15, 0.2) is 24.3 Å². The van der Waals surface area contributed by atoms with Gasteiger partial charge < -0.3 is 10.6 Å². The van der Waals surface area contributed by atoms with E-state index in [2.05, 4.69) is 17.6 Å². The van der Waals surface area contributed by atoms with Crippen molar-refractivity contribution in [1.82, 2.24) is 5.32 Å². The van der Waals surface area contributed by atoms with Gasteiger partial charge in [0.2, 0.25) is 5.91 Å². The molecule has 0 bridgehead atoms. The van der Waals surface area contributed by atoms with Gasteiger partial charge in [-0.1, -0.05) is 46.2 Å². The Balaban J connectivity index is 2.79. The lowest BCUT2D eigenvalue weighted by Gasteiger charge is -2.15. The summed E-state index contributed by atoms with van der Waals surface area (Å²) in [6.45, 7) is 8.66. The van der Waals surface area contributed by atoms with Crippen LogP contribution in [-0.4, -0.2) is 18.4 Å². The first-order valence-electron chi connectivity index (χ1n) is 7.63. The second-order valence-electron chi connectivity index (χ2n) is 5.83. The van der Waals surface area contributed by atoms with Gasteiger partial charge in [-0.05, 0) is 24.5 Å². The van der Waals surface area contributed by atoms with Crippen LogP contribution in [0.2, 0.25) is 0 Å². The van der Waals surface area contributed by atoms with Crippen molar-refractivity contribution < 1.29 is 9.59 Å². The van der Waals surface area contributed by atoms with Crippen molar-refractivity contribution in [3.05, 3.63) is 29.8 Å². The van der Waals surface area contributed by atoms with Crippen LogP contribution in [0.25, 0.3) is 0 Å². The fourth-order valence-electron chi connectivity index (χ4n) is 2.00. The molecule has 4 heteroatoms. The maximum absolute atomic E-state index is 12.2. The zero-order valence-electron chi connectivity index (χ0n) is 13.4. The summed E-state index contributed by atoms with van der Waals surface area (Å²) in [7, 11) is 0. The van der Waals surface area contributed by atoms with Crippen LogP contribution in [0, 0.1) is 11.8 Å². The van der Waals surface area contributed by atoms with Gasteiger partial charge in [0.05, 0.1) is 11.3 Å². The third-order valence-electron chi connectivity index (χ3n) is 3.27. The topological polar surface area (TPSA) is 58.2 Å². The number of carbonyl (C=O) groups is 2. The molecule has 0 aliphatic carbocycles. The molecule has 1 aromatic rings. The van der Waals surface area contributed by atoms with E-state index in [4.69, 9.17) is 0 Å². The Morgan fingerprint density at radius 3 is 2.43 bits per heavy atom. The van der Waals surface area contributed by atoms with E-state index in [1.165, 1.54) is 0 Å². The van der Waals surface area contributed by atoms with Gasteiger partial charge in [-0.25, -0.2) is 0 Å². The average Bonchev–Trinajstić information content (AvgIpc) is 2.45. The number of anilines is 1. The number of benzene rings is 1. The van der Waals surface area contributed by atoms with E-state index in [0.29, 0.717) is 23.7 Å². The Morgan fingerprint density at radius 2 is 1.81 bits per heavy atom. The van der Waals surface area contributed by atoms with Crippen LogP contribution < -0.4 is 10.6 Å². The Labute approximate surface area is 127 Å². The van der Waals surface area contributed by atoms with E-state index in [1.807, 2.05) is 26.8 Å². The molecule has 0 fully saturated rings. The van der Waals surface area contributed by atoms with E-state index in [1.54, 1.807) is 18.2 Å². The summed E-state index contributed by atoms with van der Waals surface area (Å²) >= 11 is 0. The van der Waals surface area contributed by atoms with Crippen molar-refractivity contribution in [3.8, 4) is 0 Å². The normalized spacial score (nSPS) is 12.0. The number of hydrogen-bond acceptors (Lipinski definition) is 2. The summed E-state index contributed by atoms with van der Waals surface area (Å²) in [5, 5.41) is 5.74. The first-order chi connectivity index (χ1) is 9.95. The number of carbonyl (C=O) groups excluding carboxylic acids is 2. The molecule has 0 aromatic heterocycles. The maximum Gasteiger partial charge on any atom is 0.253 e. The summed E-state index contributed by atoms with van der Waals surface area (Å²) in [4.78, 5) is 24.3. The maximum atomic E-state index is 12.2. The van der Waals surface area contributed by atoms with E-state index in [0.717, 1.165) is 12.8 Å². The van der Waals surface area contributed by atoms with Crippen molar-refractivity contribution >= 4 is 17.5 Å². The Bertz CT molecular complexity index is 483. The SMILES string of the molecule is CCCC(C)C(=O)Nc1ccccc1C(=O)NCC(C)C. The predicted molar refractivity (Wildman–Crippen MR) is 86.3 cm³/mol. The fourth-order valence-corrected chi connectivity index (χ4v) is 2.00. The standard InChI is InChI=1S/C17H26N2O2/c1-5-8-13(4)16(20)19-15-10-7-6-9-14(15)17(21)18-11-12(2)3/h6-7,9-10,12-13H,5,8,11H2,1-4H3,(H,18,21)(H,19,20). The molecular formula is C17H26N2O2. The minimum Gasteiger partial charge on any atom is -0.352 e. The first kappa shape index (κ1) is 17.2. The molecule has 1 rings (SSSR count). The molecule has 0 aliphatic rings. The molecule has 21 heavy (non-hydrogen) atoms. The van der Waals surface area contributed by atoms with E-state index >= 15 is 0 Å². The Morgan fingerprint density at radius 1 is 1.14 bits per heavy atom. The lowest BCUT2D eigenvalue weighted by molar-refractivity contribution is -0.119. The first-order valence-corrected chi connectivity index (χ1v) is 7.63. The number of rotatable bonds is 7. The molecule has 2 N–H and O–H groups in total. The van der Waals surface area contributed by atoms with Gasteiger partial charge in [-0.3, -0.25) is 9.59 Å². The molecule has 4 nitrogen and oxygen atoms in total. The highest BCUT2D eigenvalue weighted by Crippen LogP contribution is 2.17. The van der Waals surface area contributed by atoms with Crippen LogP contribution in [0.3, 0.4) is 0 Å². The van der Waals surface area contributed by atoms with Crippen molar-refractivity contribution in [2.75, 3.05) is 11.9 Å². The van der Waals surface area contributed by atoms with Gasteiger partial charge in [0, 0.05) is 12.5 Å². The minimum atomic E-state index is -0.150. The van der Waals surface area contributed by atoms with Crippen molar-refractivity contribution in [2.24, 2.45) is 11.8 Å².